The average molecular weight is 317 g/mol. The van der Waals surface area contributed by atoms with Crippen molar-refractivity contribution >= 4 is 5.78 Å². The maximum Gasteiger partial charge on any atom is 0.137 e. The Hall–Kier alpha value is -0.330. The first-order valence-electron chi connectivity index (χ1n) is 10.4. The van der Waals surface area contributed by atoms with Gasteiger partial charge in [-0.2, -0.15) is 0 Å². The van der Waals surface area contributed by atoms with E-state index in [4.69, 9.17) is 0 Å². The minimum absolute atomic E-state index is 0.310. The number of rotatable bonds is 1. The quantitative estimate of drug-likeness (QED) is 0.591. The zero-order chi connectivity index (χ0) is 16.4. The Balaban J connectivity index is 1.66. The molecule has 4 rings (SSSR count). The second kappa shape index (κ2) is 5.33. The molecule has 0 radical (unpaired) electrons. The highest BCUT2D eigenvalue weighted by molar-refractivity contribution is 5.85. The molecule has 4 fully saturated rings. The molecule has 7 unspecified atom stereocenters. The van der Waals surface area contributed by atoms with E-state index in [1.165, 1.54) is 51.4 Å². The van der Waals surface area contributed by atoms with Gasteiger partial charge in [0.15, 0.2) is 0 Å². The van der Waals surface area contributed by atoms with Crippen LogP contribution < -0.4 is 0 Å². The molecule has 0 aliphatic heterocycles. The smallest absolute Gasteiger partial charge is 0.137 e. The van der Waals surface area contributed by atoms with Crippen molar-refractivity contribution in [2.24, 2.45) is 46.3 Å². The standard InChI is InChI=1S/C22H36O/c1-14(2)20-19(23)13-18-16-9-8-15-7-5-6-11-21(15,3)17(16)10-12-22(18,20)4/h14-18,20H,5-13H2,1-4H3. The Morgan fingerprint density at radius 2 is 1.70 bits per heavy atom. The monoisotopic (exact) mass is 316 g/mol. The van der Waals surface area contributed by atoms with Crippen molar-refractivity contribution in [1.82, 2.24) is 0 Å². The van der Waals surface area contributed by atoms with E-state index in [0.29, 0.717) is 34.4 Å². The third kappa shape index (κ3) is 2.13. The van der Waals surface area contributed by atoms with Gasteiger partial charge >= 0.3 is 0 Å². The fraction of sp³-hybridized carbons (Fsp3) is 0.955. The predicted molar refractivity (Wildman–Crippen MR) is 95.1 cm³/mol. The lowest BCUT2D eigenvalue weighted by Crippen LogP contribution is -2.53. The molecule has 0 bridgehead atoms. The molecule has 0 aromatic heterocycles. The highest BCUT2D eigenvalue weighted by atomic mass is 16.1. The van der Waals surface area contributed by atoms with Crippen molar-refractivity contribution in [3.05, 3.63) is 0 Å². The summed E-state index contributed by atoms with van der Waals surface area (Å²) in [6.45, 7) is 9.68. The Bertz CT molecular complexity index is 494. The summed E-state index contributed by atoms with van der Waals surface area (Å²) in [4.78, 5) is 12.8. The van der Waals surface area contributed by atoms with E-state index in [9.17, 15) is 4.79 Å². The molecule has 0 spiro atoms. The Kier molecular flexibility index (Phi) is 3.75. The van der Waals surface area contributed by atoms with Crippen molar-refractivity contribution in [1.29, 1.82) is 0 Å². The summed E-state index contributed by atoms with van der Waals surface area (Å²) in [5, 5.41) is 0. The molecule has 1 nitrogen and oxygen atoms in total. The first-order valence-corrected chi connectivity index (χ1v) is 10.4. The summed E-state index contributed by atoms with van der Waals surface area (Å²) < 4.78 is 0. The molecule has 0 aromatic carbocycles. The third-order valence-corrected chi connectivity index (χ3v) is 9.17. The van der Waals surface area contributed by atoms with E-state index in [-0.39, 0.29) is 0 Å². The number of carbonyl (C=O) groups excluding carboxylic acids is 1. The third-order valence-electron chi connectivity index (χ3n) is 9.17. The second-order valence-corrected chi connectivity index (χ2v) is 10.3. The summed E-state index contributed by atoms with van der Waals surface area (Å²) >= 11 is 0. The van der Waals surface area contributed by atoms with Crippen LogP contribution >= 0.6 is 0 Å². The first-order chi connectivity index (χ1) is 10.9. The zero-order valence-corrected chi connectivity index (χ0v) is 15.7. The molecule has 4 aliphatic rings. The van der Waals surface area contributed by atoms with Gasteiger partial charge in [-0.3, -0.25) is 4.79 Å². The van der Waals surface area contributed by atoms with Gasteiger partial charge in [-0.25, -0.2) is 0 Å². The second-order valence-electron chi connectivity index (χ2n) is 10.3. The van der Waals surface area contributed by atoms with E-state index in [2.05, 4.69) is 27.7 Å². The topological polar surface area (TPSA) is 17.1 Å². The minimum atomic E-state index is 0.310. The number of hydrogen-bond donors (Lipinski definition) is 0. The first kappa shape index (κ1) is 16.2. The molecule has 0 amide bonds. The van der Waals surface area contributed by atoms with Crippen LogP contribution in [0.5, 0.6) is 0 Å². The molecule has 23 heavy (non-hydrogen) atoms. The Morgan fingerprint density at radius 3 is 2.43 bits per heavy atom. The molecule has 0 N–H and O–H groups in total. The van der Waals surface area contributed by atoms with Gasteiger partial charge in [0, 0.05) is 12.3 Å². The summed E-state index contributed by atoms with van der Waals surface area (Å²) in [6, 6.07) is 0. The molecule has 1 heteroatoms. The van der Waals surface area contributed by atoms with Crippen LogP contribution in [0.1, 0.15) is 85.5 Å². The molecule has 7 atom stereocenters. The molecule has 130 valence electrons. The SMILES string of the molecule is CC(C)C1C(=O)CC2C3CCC4CCCCC4(C)C3CCC21C. The lowest BCUT2D eigenvalue weighted by atomic mass is 9.44. The van der Waals surface area contributed by atoms with Crippen molar-refractivity contribution in [2.75, 3.05) is 0 Å². The van der Waals surface area contributed by atoms with E-state index >= 15 is 0 Å². The van der Waals surface area contributed by atoms with Gasteiger partial charge in [0.05, 0.1) is 0 Å². The van der Waals surface area contributed by atoms with Crippen LogP contribution in [0.3, 0.4) is 0 Å². The Morgan fingerprint density at radius 1 is 0.913 bits per heavy atom. The van der Waals surface area contributed by atoms with Gasteiger partial charge in [-0.1, -0.05) is 40.5 Å². The summed E-state index contributed by atoms with van der Waals surface area (Å²) in [7, 11) is 0. The van der Waals surface area contributed by atoms with Gasteiger partial charge in [-0.05, 0) is 78.9 Å². The minimum Gasteiger partial charge on any atom is -0.299 e. The van der Waals surface area contributed by atoms with Crippen LogP contribution in [0.2, 0.25) is 0 Å². The summed E-state index contributed by atoms with van der Waals surface area (Å²) in [5.74, 6) is 4.91. The number of Topliss-reactive ketones (excluding diaryl/α,β-unsaturated/α-hetero) is 1. The van der Waals surface area contributed by atoms with Crippen LogP contribution in [0.4, 0.5) is 0 Å². The summed E-state index contributed by atoms with van der Waals surface area (Å²) in [5.41, 5.74) is 0.908. The molecular weight excluding hydrogens is 280 g/mol. The van der Waals surface area contributed by atoms with Crippen LogP contribution in [-0.4, -0.2) is 5.78 Å². The molecule has 4 aliphatic carbocycles. The largest absolute Gasteiger partial charge is 0.299 e. The van der Waals surface area contributed by atoms with Crippen molar-refractivity contribution < 1.29 is 4.79 Å². The number of carbonyl (C=O) groups is 1. The van der Waals surface area contributed by atoms with Crippen LogP contribution in [0, 0.1) is 46.3 Å². The van der Waals surface area contributed by atoms with Crippen LogP contribution in [-0.2, 0) is 4.79 Å². The highest BCUT2D eigenvalue weighted by Crippen LogP contribution is 2.67. The predicted octanol–water partition coefficient (Wildman–Crippen LogP) is 5.87. The molecular formula is C22H36O. The van der Waals surface area contributed by atoms with Gasteiger partial charge in [0.2, 0.25) is 0 Å². The van der Waals surface area contributed by atoms with Gasteiger partial charge in [0.1, 0.15) is 5.78 Å². The lowest BCUT2D eigenvalue weighted by Gasteiger charge is -2.60. The van der Waals surface area contributed by atoms with E-state index in [1.807, 2.05) is 0 Å². The van der Waals surface area contributed by atoms with Crippen molar-refractivity contribution in [3.63, 3.8) is 0 Å². The van der Waals surface area contributed by atoms with Gasteiger partial charge in [-0.15, -0.1) is 0 Å². The van der Waals surface area contributed by atoms with Crippen molar-refractivity contribution in [3.8, 4) is 0 Å². The molecule has 4 saturated carbocycles. The maximum absolute atomic E-state index is 12.8. The lowest BCUT2D eigenvalue weighted by molar-refractivity contribution is -0.125. The number of fused-ring (bicyclic) bond motifs is 5. The normalized spacial score (nSPS) is 52.9. The molecule has 0 heterocycles. The molecule has 0 saturated heterocycles. The summed E-state index contributed by atoms with van der Waals surface area (Å²) in [6.07, 6.45) is 12.4. The highest BCUT2D eigenvalue weighted by Gasteiger charge is 2.62. The Labute approximate surface area is 143 Å². The van der Waals surface area contributed by atoms with Crippen molar-refractivity contribution in [2.45, 2.75) is 85.5 Å². The fourth-order valence-electron chi connectivity index (χ4n) is 8.26. The van der Waals surface area contributed by atoms with Crippen LogP contribution in [0.15, 0.2) is 0 Å². The fourth-order valence-corrected chi connectivity index (χ4v) is 8.26. The maximum atomic E-state index is 12.8. The number of hydrogen-bond acceptors (Lipinski definition) is 1. The number of ketones is 1. The average Bonchev–Trinajstić information content (AvgIpc) is 2.77. The van der Waals surface area contributed by atoms with E-state index < -0.39 is 0 Å². The van der Waals surface area contributed by atoms with Gasteiger partial charge in [0.25, 0.3) is 0 Å². The van der Waals surface area contributed by atoms with E-state index in [0.717, 1.165) is 24.2 Å². The van der Waals surface area contributed by atoms with Gasteiger partial charge < -0.3 is 0 Å². The zero-order valence-electron chi connectivity index (χ0n) is 15.7. The molecule has 0 aromatic rings. The van der Waals surface area contributed by atoms with E-state index in [1.54, 1.807) is 0 Å². The van der Waals surface area contributed by atoms with Crippen LogP contribution in [0.25, 0.3) is 0 Å².